The van der Waals surface area contributed by atoms with Crippen LogP contribution in [0.15, 0.2) is 48.8 Å². The first-order valence-electron chi connectivity index (χ1n) is 8.89. The fourth-order valence-electron chi connectivity index (χ4n) is 2.97. The average Bonchev–Trinajstić information content (AvgIpc) is 2.86. The Labute approximate surface area is 175 Å². The summed E-state index contributed by atoms with van der Waals surface area (Å²) in [5.74, 6) is -0.991. The molecule has 0 spiro atoms. The van der Waals surface area contributed by atoms with Gasteiger partial charge in [0.05, 0.1) is 16.9 Å². The van der Waals surface area contributed by atoms with E-state index in [0.717, 1.165) is 0 Å². The molecule has 2 amide bonds. The second-order valence-corrected chi connectivity index (χ2v) is 6.87. The van der Waals surface area contributed by atoms with Gasteiger partial charge in [-0.15, -0.1) is 0 Å². The monoisotopic (exact) mass is 427 g/mol. The first kappa shape index (κ1) is 19.7. The molecule has 0 radical (unpaired) electrons. The molecule has 0 saturated carbocycles. The fraction of sp³-hybridized carbons (Fsp3) is 0.150. The summed E-state index contributed by atoms with van der Waals surface area (Å²) in [6.07, 6.45) is 2.79. The minimum absolute atomic E-state index is 0.0854. The Morgan fingerprint density at radius 2 is 2.13 bits per heavy atom. The second kappa shape index (κ2) is 8.03. The highest BCUT2D eigenvalue weighted by atomic mass is 35.5. The Morgan fingerprint density at radius 1 is 1.30 bits per heavy atom. The van der Waals surface area contributed by atoms with Crippen molar-refractivity contribution >= 4 is 29.2 Å². The van der Waals surface area contributed by atoms with Crippen LogP contribution in [0.5, 0.6) is 5.75 Å². The van der Waals surface area contributed by atoms with Crippen LogP contribution in [-0.4, -0.2) is 46.5 Å². The van der Waals surface area contributed by atoms with Gasteiger partial charge in [-0.2, -0.15) is 0 Å². The van der Waals surface area contributed by atoms with Crippen molar-refractivity contribution in [3.8, 4) is 17.0 Å². The third kappa shape index (κ3) is 3.79. The van der Waals surface area contributed by atoms with Crippen LogP contribution in [0.25, 0.3) is 11.3 Å². The summed E-state index contributed by atoms with van der Waals surface area (Å²) in [7, 11) is 1.54. The van der Waals surface area contributed by atoms with Crippen LogP contribution >= 0.6 is 11.6 Å². The number of nitrogens with zero attached hydrogens (tertiary/aromatic N) is 4. The summed E-state index contributed by atoms with van der Waals surface area (Å²) in [4.78, 5) is 39.0. The maximum Gasteiger partial charge on any atom is 0.289 e. The smallest absolute Gasteiger partial charge is 0.289 e. The van der Waals surface area contributed by atoms with Crippen molar-refractivity contribution in [2.24, 2.45) is 0 Å². The third-order valence-corrected chi connectivity index (χ3v) is 4.73. The van der Waals surface area contributed by atoms with Gasteiger partial charge in [0.2, 0.25) is 5.82 Å². The number of hydrogen-bond acceptors (Lipinski definition) is 6. The normalized spacial score (nSPS) is 15.8. The van der Waals surface area contributed by atoms with Crippen LogP contribution in [-0.2, 0) is 4.79 Å². The highest BCUT2D eigenvalue weighted by molar-refractivity contribution is 6.32. The van der Waals surface area contributed by atoms with E-state index in [0.29, 0.717) is 17.1 Å². The number of anilines is 1. The van der Waals surface area contributed by atoms with Crippen molar-refractivity contribution in [3.05, 3.63) is 65.5 Å². The number of rotatable bonds is 3. The van der Waals surface area contributed by atoms with E-state index >= 15 is 0 Å². The molecule has 0 fully saturated rings. The van der Waals surface area contributed by atoms with Crippen molar-refractivity contribution in [2.75, 3.05) is 18.6 Å². The van der Waals surface area contributed by atoms with Gasteiger partial charge in [0.1, 0.15) is 18.5 Å². The Hall–Kier alpha value is -3.59. The van der Waals surface area contributed by atoms with Crippen LogP contribution in [0, 0.1) is 5.82 Å². The number of fused-ring (bicyclic) bond motifs is 1. The lowest BCUT2D eigenvalue weighted by Crippen LogP contribution is -2.49. The van der Waals surface area contributed by atoms with E-state index in [1.54, 1.807) is 31.4 Å². The summed E-state index contributed by atoms with van der Waals surface area (Å²) < 4.78 is 19.2. The van der Waals surface area contributed by atoms with Gasteiger partial charge >= 0.3 is 0 Å². The highest BCUT2D eigenvalue weighted by Gasteiger charge is 2.32. The van der Waals surface area contributed by atoms with Gasteiger partial charge in [-0.25, -0.2) is 19.3 Å². The van der Waals surface area contributed by atoms with E-state index in [4.69, 9.17) is 16.3 Å². The predicted octanol–water partition coefficient (Wildman–Crippen LogP) is 2.48. The third-order valence-electron chi connectivity index (χ3n) is 4.45. The SMILES string of the molecule is CN1C(=O)[C@@H](NC(=O)c2ncc(Cl)c(-c3cccc(F)c3)n2)COc2cccnc21. The van der Waals surface area contributed by atoms with E-state index < -0.39 is 23.7 Å². The molecule has 0 aliphatic carbocycles. The van der Waals surface area contributed by atoms with Crippen molar-refractivity contribution in [3.63, 3.8) is 0 Å². The Balaban J connectivity index is 1.57. The molecule has 1 atom stereocenters. The molecule has 0 saturated heterocycles. The predicted molar refractivity (Wildman–Crippen MR) is 107 cm³/mol. The molecular formula is C20H15ClFN5O3. The van der Waals surface area contributed by atoms with Gasteiger partial charge in [-0.05, 0) is 24.3 Å². The minimum atomic E-state index is -0.978. The lowest BCUT2D eigenvalue weighted by molar-refractivity contribution is -0.120. The molecule has 2 aromatic heterocycles. The fourth-order valence-corrected chi connectivity index (χ4v) is 3.17. The zero-order chi connectivity index (χ0) is 21.3. The number of carbonyl (C=O) groups excluding carboxylic acids is 2. The zero-order valence-corrected chi connectivity index (χ0v) is 16.4. The molecule has 3 heterocycles. The van der Waals surface area contributed by atoms with Gasteiger partial charge in [-0.3, -0.25) is 14.5 Å². The van der Waals surface area contributed by atoms with Crippen molar-refractivity contribution in [1.29, 1.82) is 0 Å². The van der Waals surface area contributed by atoms with E-state index in [1.165, 1.54) is 29.3 Å². The van der Waals surface area contributed by atoms with Gasteiger partial charge in [-0.1, -0.05) is 23.7 Å². The first-order valence-corrected chi connectivity index (χ1v) is 9.26. The Bertz CT molecular complexity index is 1140. The molecule has 3 aromatic rings. The van der Waals surface area contributed by atoms with E-state index in [9.17, 15) is 14.0 Å². The summed E-state index contributed by atoms with van der Waals surface area (Å²) in [6.45, 7) is -0.0854. The Kier molecular flexibility index (Phi) is 5.28. The number of hydrogen-bond donors (Lipinski definition) is 1. The van der Waals surface area contributed by atoms with Crippen molar-refractivity contribution < 1.29 is 18.7 Å². The van der Waals surface area contributed by atoms with Crippen molar-refractivity contribution in [1.82, 2.24) is 20.3 Å². The molecule has 4 rings (SSSR count). The van der Waals surface area contributed by atoms with Gasteiger partial charge in [0, 0.05) is 18.8 Å². The van der Waals surface area contributed by atoms with Gasteiger partial charge < -0.3 is 10.1 Å². The van der Waals surface area contributed by atoms with Crippen LogP contribution in [0.2, 0.25) is 5.02 Å². The molecular weight excluding hydrogens is 413 g/mol. The van der Waals surface area contributed by atoms with Crippen molar-refractivity contribution in [2.45, 2.75) is 6.04 Å². The number of halogens is 2. The van der Waals surface area contributed by atoms with Crippen LogP contribution < -0.4 is 15.0 Å². The van der Waals surface area contributed by atoms with Gasteiger partial charge in [0.15, 0.2) is 11.6 Å². The number of carbonyl (C=O) groups is 2. The molecule has 152 valence electrons. The van der Waals surface area contributed by atoms with Crippen LogP contribution in [0.4, 0.5) is 10.2 Å². The molecule has 30 heavy (non-hydrogen) atoms. The first-order chi connectivity index (χ1) is 14.4. The topological polar surface area (TPSA) is 97.3 Å². The molecule has 0 bridgehead atoms. The largest absolute Gasteiger partial charge is 0.487 e. The highest BCUT2D eigenvalue weighted by Crippen LogP contribution is 2.28. The Morgan fingerprint density at radius 3 is 2.93 bits per heavy atom. The molecule has 1 aliphatic heterocycles. The molecule has 8 nitrogen and oxygen atoms in total. The number of pyridine rings is 1. The number of amides is 2. The molecule has 1 aromatic carbocycles. The lowest BCUT2D eigenvalue weighted by Gasteiger charge is -2.19. The van der Waals surface area contributed by atoms with Crippen LogP contribution in [0.1, 0.15) is 10.6 Å². The zero-order valence-electron chi connectivity index (χ0n) is 15.7. The quantitative estimate of drug-likeness (QED) is 0.689. The molecule has 1 aliphatic rings. The van der Waals surface area contributed by atoms with E-state index in [1.807, 2.05) is 0 Å². The van der Waals surface area contributed by atoms with E-state index in [2.05, 4.69) is 20.3 Å². The molecule has 0 unspecified atom stereocenters. The average molecular weight is 428 g/mol. The summed E-state index contributed by atoms with van der Waals surface area (Å²) in [5, 5.41) is 2.73. The number of aromatic nitrogens is 3. The molecule has 1 N–H and O–H groups in total. The number of nitrogens with one attached hydrogen (secondary N) is 1. The number of likely N-dealkylation sites (N-methyl/N-ethyl adjacent to an activating group) is 1. The van der Waals surface area contributed by atoms with Gasteiger partial charge in [0.25, 0.3) is 11.8 Å². The van der Waals surface area contributed by atoms with E-state index in [-0.39, 0.29) is 23.1 Å². The summed E-state index contributed by atoms with van der Waals surface area (Å²) in [5.41, 5.74) is 0.597. The standard InChI is InChI=1S/C20H15ClFN5O3/c1-27-18-15(6-3-7-23-18)30-10-14(20(27)29)25-19(28)17-24-9-13(21)16(26-17)11-4-2-5-12(22)8-11/h2-9,14H,10H2,1H3,(H,25,28)/t14-/m0/s1. The lowest BCUT2D eigenvalue weighted by atomic mass is 10.1. The summed E-state index contributed by atoms with van der Waals surface area (Å²) in [6, 6.07) is 8.04. The molecule has 10 heteroatoms. The second-order valence-electron chi connectivity index (χ2n) is 6.46. The summed E-state index contributed by atoms with van der Waals surface area (Å²) >= 11 is 6.13. The maximum atomic E-state index is 13.6. The van der Waals surface area contributed by atoms with Crippen LogP contribution in [0.3, 0.4) is 0 Å². The number of ether oxygens (including phenoxy) is 1. The number of benzene rings is 1. The minimum Gasteiger partial charge on any atom is -0.487 e. The maximum absolute atomic E-state index is 13.6.